The molecule has 0 aliphatic carbocycles. The molecule has 0 fully saturated rings. The summed E-state index contributed by atoms with van der Waals surface area (Å²) in [5, 5.41) is 2.74. The summed E-state index contributed by atoms with van der Waals surface area (Å²) < 4.78 is 2.14. The van der Waals surface area contributed by atoms with Gasteiger partial charge in [-0.15, -0.1) is 11.3 Å². The highest BCUT2D eigenvalue weighted by Gasteiger charge is 2.11. The molecule has 0 atom stereocenters. The molecule has 3 rings (SSSR count). The van der Waals surface area contributed by atoms with Gasteiger partial charge in [-0.1, -0.05) is 6.07 Å². The number of aryl methyl sites for hydroxylation is 1. The van der Waals surface area contributed by atoms with Gasteiger partial charge in [-0.2, -0.15) is 0 Å². The van der Waals surface area contributed by atoms with Gasteiger partial charge in [0.1, 0.15) is 5.69 Å². The molecule has 3 aromatic rings. The maximum absolute atomic E-state index is 5.36. The van der Waals surface area contributed by atoms with Crippen molar-refractivity contribution in [3.05, 3.63) is 41.4 Å². The molecule has 0 aliphatic heterocycles. The molecule has 0 spiro atoms. The van der Waals surface area contributed by atoms with Crippen LogP contribution in [0, 0.1) is 6.92 Å². The van der Waals surface area contributed by atoms with E-state index in [1.807, 2.05) is 23.7 Å². The highest BCUT2D eigenvalue weighted by atomic mass is 32.1. The molecular weight excluding hydrogens is 232 g/mol. The van der Waals surface area contributed by atoms with Gasteiger partial charge in [-0.3, -0.25) is 5.43 Å². The second-order valence-electron chi connectivity index (χ2n) is 3.85. The molecule has 0 aromatic carbocycles. The molecule has 0 saturated carbocycles. The van der Waals surface area contributed by atoms with Gasteiger partial charge in [0.05, 0.1) is 5.69 Å². The van der Waals surface area contributed by atoms with Crippen molar-refractivity contribution in [2.75, 3.05) is 5.43 Å². The molecule has 86 valence electrons. The third kappa shape index (κ3) is 1.60. The summed E-state index contributed by atoms with van der Waals surface area (Å²) in [5.74, 6) is 5.36. The Morgan fingerprint density at radius 3 is 3.06 bits per heavy atom. The second kappa shape index (κ2) is 3.87. The number of nitrogen functional groups attached to an aromatic ring is 1. The van der Waals surface area contributed by atoms with E-state index in [1.54, 1.807) is 0 Å². The number of rotatable bonds is 2. The van der Waals surface area contributed by atoms with Crippen molar-refractivity contribution in [1.29, 1.82) is 0 Å². The average molecular weight is 244 g/mol. The van der Waals surface area contributed by atoms with Crippen molar-refractivity contribution < 1.29 is 0 Å². The molecule has 0 saturated heterocycles. The van der Waals surface area contributed by atoms with Crippen LogP contribution in [0.4, 0.5) is 5.13 Å². The van der Waals surface area contributed by atoms with E-state index >= 15 is 0 Å². The van der Waals surface area contributed by atoms with E-state index in [1.165, 1.54) is 22.4 Å². The molecule has 0 bridgehead atoms. The minimum atomic E-state index is 0.727. The average Bonchev–Trinajstić information content (AvgIpc) is 2.91. The lowest BCUT2D eigenvalue weighted by atomic mass is 10.2. The van der Waals surface area contributed by atoms with Gasteiger partial charge in [-0.25, -0.2) is 10.8 Å². The highest BCUT2D eigenvalue weighted by molar-refractivity contribution is 7.14. The van der Waals surface area contributed by atoms with Gasteiger partial charge in [-0.05, 0) is 30.7 Å². The Morgan fingerprint density at radius 1 is 1.41 bits per heavy atom. The second-order valence-corrected chi connectivity index (χ2v) is 4.71. The summed E-state index contributed by atoms with van der Waals surface area (Å²) in [6.07, 6.45) is 2.05. The molecule has 4 nitrogen and oxygen atoms in total. The van der Waals surface area contributed by atoms with Crippen molar-refractivity contribution >= 4 is 22.0 Å². The zero-order valence-electron chi connectivity index (χ0n) is 9.34. The van der Waals surface area contributed by atoms with Crippen LogP contribution in [0.25, 0.3) is 16.9 Å². The van der Waals surface area contributed by atoms with Crippen molar-refractivity contribution in [3.8, 4) is 11.4 Å². The summed E-state index contributed by atoms with van der Waals surface area (Å²) in [6, 6.07) is 8.30. The number of nitrogens with zero attached hydrogens (tertiary/aromatic N) is 2. The van der Waals surface area contributed by atoms with Gasteiger partial charge in [0, 0.05) is 17.1 Å². The number of fused-ring (bicyclic) bond motifs is 1. The first-order valence-corrected chi connectivity index (χ1v) is 6.17. The normalized spacial score (nSPS) is 10.9. The van der Waals surface area contributed by atoms with E-state index in [4.69, 9.17) is 5.84 Å². The molecule has 3 aromatic heterocycles. The van der Waals surface area contributed by atoms with Crippen LogP contribution in [0.3, 0.4) is 0 Å². The minimum Gasteiger partial charge on any atom is -0.315 e. The van der Waals surface area contributed by atoms with Gasteiger partial charge in [0.2, 0.25) is 0 Å². The van der Waals surface area contributed by atoms with E-state index < -0.39 is 0 Å². The summed E-state index contributed by atoms with van der Waals surface area (Å²) >= 11 is 1.50. The number of anilines is 1. The smallest absolute Gasteiger partial charge is 0.197 e. The van der Waals surface area contributed by atoms with Crippen LogP contribution >= 0.6 is 11.3 Å². The zero-order valence-corrected chi connectivity index (χ0v) is 10.2. The third-order valence-corrected chi connectivity index (χ3v) is 3.51. The van der Waals surface area contributed by atoms with Crippen LogP contribution in [0.2, 0.25) is 0 Å². The molecule has 0 amide bonds. The van der Waals surface area contributed by atoms with Crippen LogP contribution in [0.5, 0.6) is 0 Å². The number of thiazole rings is 1. The van der Waals surface area contributed by atoms with Crippen LogP contribution in [0.1, 0.15) is 5.56 Å². The van der Waals surface area contributed by atoms with E-state index in [2.05, 4.69) is 33.9 Å². The van der Waals surface area contributed by atoms with E-state index in [-0.39, 0.29) is 0 Å². The summed E-state index contributed by atoms with van der Waals surface area (Å²) in [5.41, 5.74) is 7.04. The van der Waals surface area contributed by atoms with Gasteiger partial charge in [0.15, 0.2) is 5.13 Å². The predicted molar refractivity (Wildman–Crippen MR) is 71.1 cm³/mol. The monoisotopic (exact) mass is 244 g/mol. The molecule has 0 aliphatic rings. The lowest BCUT2D eigenvalue weighted by Crippen LogP contribution is -2.05. The Kier molecular flexibility index (Phi) is 2.35. The van der Waals surface area contributed by atoms with Crippen LogP contribution in [-0.4, -0.2) is 9.38 Å². The van der Waals surface area contributed by atoms with Crippen molar-refractivity contribution in [2.24, 2.45) is 5.84 Å². The molecule has 3 N–H and O–H groups in total. The Labute approximate surface area is 103 Å². The summed E-state index contributed by atoms with van der Waals surface area (Å²) in [6.45, 7) is 2.09. The fourth-order valence-electron chi connectivity index (χ4n) is 2.03. The zero-order chi connectivity index (χ0) is 11.8. The first-order chi connectivity index (χ1) is 8.29. The molecule has 17 heavy (non-hydrogen) atoms. The van der Waals surface area contributed by atoms with Gasteiger partial charge >= 0.3 is 0 Å². The van der Waals surface area contributed by atoms with Crippen LogP contribution < -0.4 is 11.3 Å². The summed E-state index contributed by atoms with van der Waals surface area (Å²) in [4.78, 5) is 4.44. The number of pyridine rings is 1. The maximum atomic E-state index is 5.36. The standard InChI is InChI=1S/C12H12N4S/c1-8-6-9-4-2-3-5-16(9)11(8)10-7-17-12(14-10)15-13/h2-7H,13H2,1H3,(H,14,15). The number of hydrogen-bond acceptors (Lipinski definition) is 4. The lowest BCUT2D eigenvalue weighted by Gasteiger charge is -2.00. The Hall–Kier alpha value is -1.85. The van der Waals surface area contributed by atoms with Crippen LogP contribution in [0.15, 0.2) is 35.8 Å². The first kappa shape index (κ1) is 10.3. The third-order valence-electron chi connectivity index (χ3n) is 2.74. The SMILES string of the molecule is Cc1cc2ccccn2c1-c1csc(NN)n1. The fraction of sp³-hybridized carbons (Fsp3) is 0.0833. The van der Waals surface area contributed by atoms with Gasteiger partial charge in [0.25, 0.3) is 0 Å². The number of hydrogen-bond donors (Lipinski definition) is 2. The highest BCUT2D eigenvalue weighted by Crippen LogP contribution is 2.29. The van der Waals surface area contributed by atoms with Crippen molar-refractivity contribution in [2.45, 2.75) is 6.92 Å². The number of nitrogens with one attached hydrogen (secondary N) is 1. The van der Waals surface area contributed by atoms with Gasteiger partial charge < -0.3 is 4.40 Å². The van der Waals surface area contributed by atoms with Crippen LogP contribution in [-0.2, 0) is 0 Å². The lowest BCUT2D eigenvalue weighted by molar-refractivity contribution is 1.17. The fourth-order valence-corrected chi connectivity index (χ4v) is 2.64. The number of nitrogens with two attached hydrogens (primary N) is 1. The Bertz CT molecular complexity index is 668. The largest absolute Gasteiger partial charge is 0.315 e. The molecular formula is C12H12N4S. The Balaban J connectivity index is 2.25. The first-order valence-electron chi connectivity index (χ1n) is 5.29. The molecule has 0 unspecified atom stereocenters. The maximum Gasteiger partial charge on any atom is 0.197 e. The van der Waals surface area contributed by atoms with Crippen molar-refractivity contribution in [3.63, 3.8) is 0 Å². The minimum absolute atomic E-state index is 0.727. The molecule has 5 heteroatoms. The molecule has 0 radical (unpaired) electrons. The van der Waals surface area contributed by atoms with E-state index in [0.717, 1.165) is 16.5 Å². The quantitative estimate of drug-likeness (QED) is 0.538. The predicted octanol–water partition coefficient (Wildman–Crippen LogP) is 2.66. The number of aromatic nitrogens is 2. The summed E-state index contributed by atoms with van der Waals surface area (Å²) in [7, 11) is 0. The number of hydrazine groups is 1. The molecule has 3 heterocycles. The van der Waals surface area contributed by atoms with E-state index in [9.17, 15) is 0 Å². The van der Waals surface area contributed by atoms with Crippen molar-refractivity contribution in [1.82, 2.24) is 9.38 Å². The van der Waals surface area contributed by atoms with E-state index in [0.29, 0.717) is 0 Å². The topological polar surface area (TPSA) is 55.3 Å². The Morgan fingerprint density at radius 2 is 2.29 bits per heavy atom.